The summed E-state index contributed by atoms with van der Waals surface area (Å²) < 4.78 is 1.75. The van der Waals surface area contributed by atoms with Crippen LogP contribution in [0.5, 0.6) is 0 Å². The van der Waals surface area contributed by atoms with Gasteiger partial charge in [0.2, 0.25) is 5.91 Å². The van der Waals surface area contributed by atoms with Crippen molar-refractivity contribution in [2.45, 2.75) is 39.2 Å². The summed E-state index contributed by atoms with van der Waals surface area (Å²) in [6.45, 7) is 7.73. The van der Waals surface area contributed by atoms with Gasteiger partial charge < -0.3 is 15.5 Å². The Morgan fingerprint density at radius 2 is 2.03 bits per heavy atom. The van der Waals surface area contributed by atoms with Gasteiger partial charge in [-0.1, -0.05) is 31.5 Å². The van der Waals surface area contributed by atoms with E-state index in [4.69, 9.17) is 16.6 Å². The number of hydrogen-bond donors (Lipinski definition) is 3. The number of halogens is 1. The highest BCUT2D eigenvalue weighted by atomic mass is 35.5. The fraction of sp³-hybridized carbons (Fsp3) is 0.385. The number of aromatic nitrogens is 3. The average molecular weight is 508 g/mol. The van der Waals surface area contributed by atoms with Crippen LogP contribution < -0.4 is 16.0 Å². The average Bonchev–Trinajstić information content (AvgIpc) is 3.37. The van der Waals surface area contributed by atoms with Crippen LogP contribution in [0.3, 0.4) is 0 Å². The number of carbonyl (C=O) groups excluding carboxylic acids is 2. The summed E-state index contributed by atoms with van der Waals surface area (Å²) in [6, 6.07) is 9.68. The molecule has 10 heteroatoms. The molecule has 0 radical (unpaired) electrons. The molecule has 3 N–H and O–H groups in total. The number of hydrogen-bond acceptors (Lipinski definition) is 7. The maximum atomic E-state index is 12.1. The molecule has 0 spiro atoms. The van der Waals surface area contributed by atoms with Crippen molar-refractivity contribution < 1.29 is 9.59 Å². The predicted molar refractivity (Wildman–Crippen MR) is 141 cm³/mol. The maximum Gasteiger partial charge on any atom is 0.254 e. The smallest absolute Gasteiger partial charge is 0.254 e. The van der Waals surface area contributed by atoms with Crippen LogP contribution >= 0.6 is 11.6 Å². The van der Waals surface area contributed by atoms with E-state index in [1.165, 1.54) is 0 Å². The lowest BCUT2D eigenvalue weighted by atomic mass is 10.0. The first-order chi connectivity index (χ1) is 17.3. The Bertz CT molecular complexity index is 1330. The molecule has 188 valence electrons. The Labute approximate surface area is 214 Å². The van der Waals surface area contributed by atoms with Crippen LogP contribution in [-0.4, -0.2) is 57.0 Å². The zero-order valence-corrected chi connectivity index (χ0v) is 21.2. The van der Waals surface area contributed by atoms with Gasteiger partial charge in [-0.25, -0.2) is 4.98 Å². The van der Waals surface area contributed by atoms with Crippen LogP contribution in [-0.2, 0) is 9.59 Å². The molecule has 0 atom stereocenters. The van der Waals surface area contributed by atoms with Crippen molar-refractivity contribution in [2.24, 2.45) is 5.92 Å². The predicted octanol–water partition coefficient (Wildman–Crippen LogP) is 4.09. The van der Waals surface area contributed by atoms with Crippen molar-refractivity contribution >= 4 is 52.5 Å². The molecule has 2 saturated heterocycles. The van der Waals surface area contributed by atoms with E-state index in [-0.39, 0.29) is 18.2 Å². The van der Waals surface area contributed by atoms with Gasteiger partial charge in [0.15, 0.2) is 5.65 Å². The molecule has 5 rings (SSSR count). The number of imide groups is 1. The Kier molecular flexibility index (Phi) is 6.93. The van der Waals surface area contributed by atoms with E-state index in [1.807, 2.05) is 30.3 Å². The molecule has 3 aromatic rings. The Hall–Kier alpha value is -3.43. The fourth-order valence-electron chi connectivity index (χ4n) is 4.76. The quantitative estimate of drug-likeness (QED) is 0.327. The highest BCUT2D eigenvalue weighted by molar-refractivity contribution is 6.30. The van der Waals surface area contributed by atoms with E-state index >= 15 is 0 Å². The zero-order valence-electron chi connectivity index (χ0n) is 20.4. The molecule has 1 aromatic carbocycles. The van der Waals surface area contributed by atoms with Crippen LogP contribution in [0.15, 0.2) is 42.1 Å². The lowest BCUT2D eigenvalue weighted by Gasteiger charge is -2.33. The van der Waals surface area contributed by atoms with Crippen molar-refractivity contribution in [2.75, 3.05) is 30.3 Å². The summed E-state index contributed by atoms with van der Waals surface area (Å²) >= 11 is 6.17. The summed E-state index contributed by atoms with van der Waals surface area (Å²) in [6.07, 6.45) is 5.48. The summed E-state index contributed by atoms with van der Waals surface area (Å²) in [5, 5.41) is 14.5. The van der Waals surface area contributed by atoms with Gasteiger partial charge >= 0.3 is 0 Å². The van der Waals surface area contributed by atoms with E-state index in [0.717, 1.165) is 44.0 Å². The van der Waals surface area contributed by atoms with Gasteiger partial charge in [0.05, 0.1) is 12.6 Å². The molecule has 2 aliphatic rings. The topological polar surface area (TPSA) is 104 Å². The number of carbonyl (C=O) groups is 2. The number of fused-ring (bicyclic) bond motifs is 1. The minimum atomic E-state index is -0.376. The van der Waals surface area contributed by atoms with Crippen LogP contribution in [0, 0.1) is 5.92 Å². The maximum absolute atomic E-state index is 12.1. The monoisotopic (exact) mass is 507 g/mol. The second-order valence-corrected chi connectivity index (χ2v) is 10.3. The highest BCUT2D eigenvalue weighted by Gasteiger charge is 2.25. The molecular weight excluding hydrogens is 478 g/mol. The summed E-state index contributed by atoms with van der Waals surface area (Å²) in [7, 11) is 0. The second-order valence-electron chi connectivity index (χ2n) is 9.83. The van der Waals surface area contributed by atoms with Crippen molar-refractivity contribution in [3.8, 4) is 0 Å². The first kappa shape index (κ1) is 24.3. The van der Waals surface area contributed by atoms with Crippen LogP contribution in [0.25, 0.3) is 11.7 Å². The molecule has 0 bridgehead atoms. The van der Waals surface area contributed by atoms with Gasteiger partial charge in [0.25, 0.3) is 5.91 Å². The molecule has 2 amide bonds. The largest absolute Gasteiger partial charge is 0.367 e. The number of nitrogens with one attached hydrogen (secondary N) is 3. The van der Waals surface area contributed by atoms with Crippen molar-refractivity contribution in [1.29, 1.82) is 0 Å². The minimum Gasteiger partial charge on any atom is -0.367 e. The SMILES string of the molecule is CC(C)CN1CCC(Nc2cc(Nc3cccc(Cl)c3)nc3c(/C=C4\CC(=O)NC4=O)cnn23)CC1. The number of amides is 2. The van der Waals surface area contributed by atoms with Crippen molar-refractivity contribution in [1.82, 2.24) is 24.8 Å². The summed E-state index contributed by atoms with van der Waals surface area (Å²) in [5.41, 5.74) is 2.46. The van der Waals surface area contributed by atoms with Crippen LogP contribution in [0.2, 0.25) is 5.02 Å². The van der Waals surface area contributed by atoms with Crippen LogP contribution in [0.4, 0.5) is 17.3 Å². The molecular formula is C26H30ClN7O2. The number of anilines is 3. The Balaban J connectivity index is 1.46. The Morgan fingerprint density at radius 3 is 2.72 bits per heavy atom. The van der Waals surface area contributed by atoms with Gasteiger partial charge in [-0.2, -0.15) is 9.61 Å². The van der Waals surface area contributed by atoms with E-state index in [0.29, 0.717) is 39.6 Å². The normalized spacial score (nSPS) is 18.4. The first-order valence-electron chi connectivity index (χ1n) is 12.3. The third-order valence-electron chi connectivity index (χ3n) is 6.38. The summed E-state index contributed by atoms with van der Waals surface area (Å²) in [4.78, 5) is 31.1. The second kappa shape index (κ2) is 10.3. The van der Waals surface area contributed by atoms with E-state index in [9.17, 15) is 9.59 Å². The molecule has 2 fully saturated rings. The molecule has 9 nitrogen and oxygen atoms in total. The van der Waals surface area contributed by atoms with Gasteiger partial charge in [-0.05, 0) is 43.0 Å². The van der Waals surface area contributed by atoms with E-state index in [2.05, 4.69) is 39.8 Å². The third-order valence-corrected chi connectivity index (χ3v) is 6.62. The molecule has 2 aliphatic heterocycles. The van der Waals surface area contributed by atoms with Gasteiger partial charge in [-0.3, -0.25) is 14.9 Å². The molecule has 4 heterocycles. The molecule has 0 unspecified atom stereocenters. The number of rotatable bonds is 7. The number of nitrogens with zero attached hydrogens (tertiary/aromatic N) is 4. The van der Waals surface area contributed by atoms with E-state index < -0.39 is 0 Å². The number of piperidine rings is 1. The van der Waals surface area contributed by atoms with Crippen LogP contribution in [0.1, 0.15) is 38.7 Å². The van der Waals surface area contributed by atoms with E-state index in [1.54, 1.807) is 16.8 Å². The number of likely N-dealkylation sites (tertiary alicyclic amines) is 1. The highest BCUT2D eigenvalue weighted by Crippen LogP contribution is 2.27. The summed E-state index contributed by atoms with van der Waals surface area (Å²) in [5.74, 6) is 1.41. The molecule has 2 aromatic heterocycles. The molecule has 36 heavy (non-hydrogen) atoms. The lowest BCUT2D eigenvalue weighted by Crippen LogP contribution is -2.40. The van der Waals surface area contributed by atoms with Gasteiger partial charge in [0.1, 0.15) is 11.6 Å². The molecule has 0 saturated carbocycles. The third kappa shape index (κ3) is 5.52. The number of benzene rings is 1. The molecule has 0 aliphatic carbocycles. The fourth-order valence-corrected chi connectivity index (χ4v) is 4.95. The van der Waals surface area contributed by atoms with Crippen molar-refractivity contribution in [3.63, 3.8) is 0 Å². The van der Waals surface area contributed by atoms with Crippen molar-refractivity contribution in [3.05, 3.63) is 52.7 Å². The zero-order chi connectivity index (χ0) is 25.2. The van der Waals surface area contributed by atoms with Gasteiger partial charge in [0, 0.05) is 53.6 Å². The Morgan fingerprint density at radius 1 is 1.22 bits per heavy atom. The standard InChI is InChI=1S/C26H30ClN7O2/c1-16(2)15-33-8-6-20(7-9-33)30-23-13-22(29-21-5-3-4-19(27)12-21)31-25-18(14-28-34(23)25)10-17-11-24(35)32-26(17)36/h3-5,10,12-14,16,20,30H,6-9,11,15H2,1-2H3,(H,29,31)(H,32,35,36)/b17-10+. The minimum absolute atomic E-state index is 0.0523. The first-order valence-corrected chi connectivity index (χ1v) is 12.7. The lowest BCUT2D eigenvalue weighted by molar-refractivity contribution is -0.124. The van der Waals surface area contributed by atoms with Gasteiger partial charge in [-0.15, -0.1) is 0 Å².